The Morgan fingerprint density at radius 3 is 2.45 bits per heavy atom. The average molecular weight is 661 g/mol. The monoisotopic (exact) mass is 660 g/mol. The molecule has 47 heavy (non-hydrogen) atoms. The zero-order chi connectivity index (χ0) is 34.9. The molecule has 0 aromatic carbocycles. The highest BCUT2D eigenvalue weighted by molar-refractivity contribution is 6.01. The van der Waals surface area contributed by atoms with Gasteiger partial charge >= 0.3 is 17.9 Å². The van der Waals surface area contributed by atoms with Gasteiger partial charge in [0, 0.05) is 29.1 Å². The van der Waals surface area contributed by atoms with Crippen LogP contribution in [0.1, 0.15) is 106 Å². The average Bonchev–Trinajstić information content (AvgIpc) is 3.24. The summed E-state index contributed by atoms with van der Waals surface area (Å²) in [4.78, 5) is 65.1. The van der Waals surface area contributed by atoms with Gasteiger partial charge < -0.3 is 19.3 Å². The summed E-state index contributed by atoms with van der Waals surface area (Å²) in [6, 6.07) is 0. The molecule has 0 aromatic heterocycles. The van der Waals surface area contributed by atoms with Crippen molar-refractivity contribution in [3.8, 4) is 0 Å². The standard InChI is InChI=1S/C37H53FO9/c1-8-10-11-31(42)47-37(30(41)21-45-32(43)16-23(4)33(44)46-20-22(3)9-2)24(5)17-28-27-13-12-25-18-26(39)14-15-34(25,6)36(27,38)29(40)19-35(28,37)7/h14-15,18,22-24,27-29,40H,8-13,16-17,19-21H2,1-7H3. The maximum atomic E-state index is 17.7. The number of ketones is 2. The molecule has 3 saturated carbocycles. The van der Waals surface area contributed by atoms with Crippen LogP contribution in [0, 0.1) is 40.4 Å². The van der Waals surface area contributed by atoms with Crippen molar-refractivity contribution in [3.05, 3.63) is 23.8 Å². The van der Waals surface area contributed by atoms with Crippen LogP contribution >= 0.6 is 0 Å². The molecule has 0 aromatic rings. The van der Waals surface area contributed by atoms with E-state index >= 15 is 4.39 Å². The fraction of sp³-hybridized carbons (Fsp3) is 0.757. The zero-order valence-corrected chi connectivity index (χ0v) is 29.1. The number of aliphatic hydroxyl groups excluding tert-OH is 1. The molecule has 10 unspecified atom stereocenters. The van der Waals surface area contributed by atoms with E-state index < -0.39 is 82.2 Å². The Hall–Kier alpha value is -2.88. The number of carbonyl (C=O) groups excluding carboxylic acids is 5. The first-order valence-corrected chi connectivity index (χ1v) is 17.4. The fourth-order valence-corrected chi connectivity index (χ4v) is 9.08. The Morgan fingerprint density at radius 2 is 1.79 bits per heavy atom. The van der Waals surface area contributed by atoms with Crippen molar-refractivity contribution in [3.63, 3.8) is 0 Å². The van der Waals surface area contributed by atoms with Crippen LogP contribution in [-0.4, -0.2) is 65.2 Å². The van der Waals surface area contributed by atoms with Gasteiger partial charge in [0.05, 0.1) is 25.0 Å². The van der Waals surface area contributed by atoms with Gasteiger partial charge in [0.25, 0.3) is 0 Å². The first kappa shape index (κ1) is 36.9. The molecule has 10 heteroatoms. The molecule has 0 radical (unpaired) electrons. The highest BCUT2D eigenvalue weighted by atomic mass is 19.1. The molecule has 9 nitrogen and oxygen atoms in total. The number of aliphatic hydroxyl groups is 1. The molecule has 0 heterocycles. The minimum absolute atomic E-state index is 0.0825. The Labute approximate surface area is 278 Å². The van der Waals surface area contributed by atoms with E-state index in [1.54, 1.807) is 33.8 Å². The van der Waals surface area contributed by atoms with Crippen LogP contribution in [0.3, 0.4) is 0 Å². The summed E-state index contributed by atoms with van der Waals surface area (Å²) in [7, 11) is 0. The van der Waals surface area contributed by atoms with Crippen molar-refractivity contribution < 1.29 is 47.7 Å². The Kier molecular flexibility index (Phi) is 10.9. The van der Waals surface area contributed by atoms with E-state index in [2.05, 4.69) is 0 Å². The minimum atomic E-state index is -2.12. The van der Waals surface area contributed by atoms with E-state index in [4.69, 9.17) is 14.2 Å². The van der Waals surface area contributed by atoms with Crippen LogP contribution in [0.2, 0.25) is 0 Å². The number of ether oxygens (including phenoxy) is 3. The molecular weight excluding hydrogens is 607 g/mol. The number of alkyl halides is 1. The van der Waals surface area contributed by atoms with E-state index in [0.717, 1.165) is 12.8 Å². The summed E-state index contributed by atoms with van der Waals surface area (Å²) in [6.45, 7) is 12.3. The van der Waals surface area contributed by atoms with Gasteiger partial charge in [-0.1, -0.05) is 66.0 Å². The molecule has 0 bridgehead atoms. The Balaban J connectivity index is 1.61. The maximum Gasteiger partial charge on any atom is 0.309 e. The number of halogens is 1. The first-order chi connectivity index (χ1) is 22.0. The molecule has 262 valence electrons. The molecule has 4 aliphatic carbocycles. The number of hydrogen-bond donors (Lipinski definition) is 1. The largest absolute Gasteiger partial charge is 0.465 e. The molecule has 0 spiro atoms. The summed E-state index contributed by atoms with van der Waals surface area (Å²) >= 11 is 0. The summed E-state index contributed by atoms with van der Waals surface area (Å²) in [5.74, 6) is -4.99. The fourth-order valence-electron chi connectivity index (χ4n) is 9.08. The highest BCUT2D eigenvalue weighted by Gasteiger charge is 2.77. The Bertz CT molecular complexity index is 1320. The Morgan fingerprint density at radius 1 is 1.09 bits per heavy atom. The summed E-state index contributed by atoms with van der Waals surface area (Å²) < 4.78 is 34.6. The van der Waals surface area contributed by atoms with Gasteiger partial charge in [0.2, 0.25) is 5.78 Å². The lowest BCUT2D eigenvalue weighted by atomic mass is 9.44. The number of Topliss-reactive ketones (excluding diaryl/α,β-unsaturated/α-hetero) is 1. The summed E-state index contributed by atoms with van der Waals surface area (Å²) in [6.07, 6.45) is 5.80. The zero-order valence-electron chi connectivity index (χ0n) is 29.1. The van der Waals surface area contributed by atoms with Crippen LogP contribution in [0.4, 0.5) is 4.39 Å². The third-order valence-electron chi connectivity index (χ3n) is 12.1. The van der Waals surface area contributed by atoms with E-state index in [9.17, 15) is 29.1 Å². The third kappa shape index (κ3) is 6.24. The normalized spacial score (nSPS) is 37.0. The summed E-state index contributed by atoms with van der Waals surface area (Å²) in [5.41, 5.74) is -5.62. The van der Waals surface area contributed by atoms with Crippen LogP contribution in [-0.2, 0) is 38.2 Å². The third-order valence-corrected chi connectivity index (χ3v) is 12.1. The minimum Gasteiger partial charge on any atom is -0.465 e. The van der Waals surface area contributed by atoms with Crippen LogP contribution < -0.4 is 0 Å². The predicted octanol–water partition coefficient (Wildman–Crippen LogP) is 5.80. The molecule has 4 rings (SSSR count). The molecule has 4 aliphatic rings. The van der Waals surface area contributed by atoms with E-state index in [1.807, 2.05) is 20.8 Å². The number of unbranched alkanes of at least 4 members (excludes halogenated alkanes) is 1. The van der Waals surface area contributed by atoms with Crippen molar-refractivity contribution in [2.45, 2.75) is 124 Å². The van der Waals surface area contributed by atoms with Crippen molar-refractivity contribution in [1.82, 2.24) is 0 Å². The lowest BCUT2D eigenvalue weighted by molar-refractivity contribution is -0.228. The second-order valence-corrected chi connectivity index (χ2v) is 15.0. The quantitative estimate of drug-likeness (QED) is 0.192. The number of hydrogen-bond acceptors (Lipinski definition) is 9. The van der Waals surface area contributed by atoms with E-state index in [1.165, 1.54) is 12.2 Å². The number of rotatable bonds is 13. The van der Waals surface area contributed by atoms with Gasteiger partial charge in [-0.05, 0) is 63.0 Å². The molecule has 3 fully saturated rings. The highest BCUT2D eigenvalue weighted by Crippen LogP contribution is 2.71. The first-order valence-electron chi connectivity index (χ1n) is 17.4. The van der Waals surface area contributed by atoms with E-state index in [-0.39, 0.29) is 37.6 Å². The van der Waals surface area contributed by atoms with Crippen molar-refractivity contribution in [2.75, 3.05) is 13.2 Å². The second-order valence-electron chi connectivity index (χ2n) is 15.0. The number of carbonyl (C=O) groups is 5. The summed E-state index contributed by atoms with van der Waals surface area (Å²) in [5, 5.41) is 11.8. The van der Waals surface area contributed by atoms with Crippen LogP contribution in [0.5, 0.6) is 0 Å². The lowest BCUT2D eigenvalue weighted by Crippen LogP contribution is -2.70. The molecule has 1 N–H and O–H groups in total. The lowest BCUT2D eigenvalue weighted by Gasteiger charge is -2.62. The molecule has 0 aliphatic heterocycles. The van der Waals surface area contributed by atoms with Crippen LogP contribution in [0.25, 0.3) is 0 Å². The van der Waals surface area contributed by atoms with Gasteiger partial charge in [-0.3, -0.25) is 24.0 Å². The number of allylic oxidation sites excluding steroid dienone is 4. The predicted molar refractivity (Wildman–Crippen MR) is 171 cm³/mol. The number of fused-ring (bicyclic) bond motifs is 5. The van der Waals surface area contributed by atoms with Gasteiger partial charge in [-0.2, -0.15) is 0 Å². The van der Waals surface area contributed by atoms with Crippen LogP contribution in [0.15, 0.2) is 23.8 Å². The topological polar surface area (TPSA) is 133 Å². The smallest absolute Gasteiger partial charge is 0.309 e. The molecule has 10 atom stereocenters. The molecule has 0 saturated heterocycles. The van der Waals surface area contributed by atoms with Gasteiger partial charge in [-0.25, -0.2) is 4.39 Å². The van der Waals surface area contributed by atoms with E-state index in [0.29, 0.717) is 31.3 Å². The van der Waals surface area contributed by atoms with Gasteiger partial charge in [-0.15, -0.1) is 0 Å². The maximum absolute atomic E-state index is 17.7. The SMILES string of the molecule is CCCCC(=O)OC1(C(=O)COC(=O)CC(C)C(=O)OCC(C)CC)C(C)CC2C3CCC4=CC(=O)C=CC4(C)C3(F)C(O)CC21C. The molecule has 0 amide bonds. The van der Waals surface area contributed by atoms with Gasteiger partial charge in [0.15, 0.2) is 23.7 Å². The van der Waals surface area contributed by atoms with Crippen molar-refractivity contribution in [2.24, 2.45) is 40.4 Å². The van der Waals surface area contributed by atoms with Crippen molar-refractivity contribution in [1.29, 1.82) is 0 Å². The number of esters is 3. The second kappa shape index (κ2) is 13.9. The van der Waals surface area contributed by atoms with Crippen molar-refractivity contribution >= 4 is 29.5 Å². The van der Waals surface area contributed by atoms with Gasteiger partial charge in [0.1, 0.15) is 0 Å². The molecular formula is C37H53FO9.